The molecule has 0 aliphatic carbocycles. The number of hydrogen-bond acceptors (Lipinski definition) is 4. The fraction of sp³-hybridized carbons (Fsp3) is 0.333. The van der Waals surface area contributed by atoms with Crippen molar-refractivity contribution in [2.75, 3.05) is 6.54 Å². The molecule has 1 rings (SSSR count). The van der Waals surface area contributed by atoms with Crippen molar-refractivity contribution < 1.29 is 19.8 Å². The van der Waals surface area contributed by atoms with E-state index >= 15 is 0 Å². The molecule has 1 aromatic rings. The van der Waals surface area contributed by atoms with Crippen LogP contribution >= 0.6 is 0 Å². The molecule has 0 saturated heterocycles. The minimum absolute atomic E-state index is 0.0866. The van der Waals surface area contributed by atoms with Crippen LogP contribution in [-0.2, 0) is 16.1 Å². The van der Waals surface area contributed by atoms with Gasteiger partial charge in [-0.1, -0.05) is 18.2 Å². The highest BCUT2D eigenvalue weighted by Gasteiger charge is 2.17. The summed E-state index contributed by atoms with van der Waals surface area (Å²) in [5.74, 6) is -1.35. The largest absolute Gasteiger partial charge is 0.508 e. The van der Waals surface area contributed by atoms with Gasteiger partial charge in [0, 0.05) is 25.6 Å². The van der Waals surface area contributed by atoms with Gasteiger partial charge in [0.05, 0.1) is 0 Å². The Balaban J connectivity index is 2.46. The van der Waals surface area contributed by atoms with E-state index in [1.54, 1.807) is 24.3 Å². The number of amides is 1. The third-order valence-electron chi connectivity index (χ3n) is 2.33. The van der Waals surface area contributed by atoms with Crippen molar-refractivity contribution in [3.63, 3.8) is 0 Å². The van der Waals surface area contributed by atoms with E-state index in [9.17, 15) is 14.7 Å². The molecule has 1 atom stereocenters. The lowest BCUT2D eigenvalue weighted by atomic mass is 10.2. The highest BCUT2D eigenvalue weighted by atomic mass is 16.4. The van der Waals surface area contributed by atoms with Crippen LogP contribution in [0.5, 0.6) is 5.75 Å². The van der Waals surface area contributed by atoms with Crippen LogP contribution in [-0.4, -0.2) is 34.7 Å². The standard InChI is InChI=1S/C12H16N2O4/c1-8(15)14-10(12(17)18)7-13-6-9-4-2-3-5-11(9)16/h2-5,10,13,16H,6-7H2,1H3,(H,14,15)(H,17,18). The van der Waals surface area contributed by atoms with Gasteiger partial charge in [-0.3, -0.25) is 4.79 Å². The van der Waals surface area contributed by atoms with Crippen molar-refractivity contribution >= 4 is 11.9 Å². The van der Waals surface area contributed by atoms with Gasteiger partial charge in [0.25, 0.3) is 0 Å². The number of carbonyl (C=O) groups excluding carboxylic acids is 1. The molecule has 0 saturated carbocycles. The Morgan fingerprint density at radius 1 is 1.33 bits per heavy atom. The second-order valence-electron chi connectivity index (χ2n) is 3.85. The summed E-state index contributed by atoms with van der Waals surface area (Å²) >= 11 is 0. The van der Waals surface area contributed by atoms with Crippen molar-refractivity contribution in [2.45, 2.75) is 19.5 Å². The molecule has 1 amide bonds. The Morgan fingerprint density at radius 2 is 2.00 bits per heavy atom. The first-order chi connectivity index (χ1) is 8.50. The van der Waals surface area contributed by atoms with Crippen LogP contribution in [0.25, 0.3) is 0 Å². The average Bonchev–Trinajstić information content (AvgIpc) is 2.29. The lowest BCUT2D eigenvalue weighted by molar-refractivity contribution is -0.141. The molecule has 0 aromatic heterocycles. The second-order valence-corrected chi connectivity index (χ2v) is 3.85. The Bertz CT molecular complexity index is 434. The number of nitrogens with one attached hydrogen (secondary N) is 2. The fourth-order valence-corrected chi connectivity index (χ4v) is 1.46. The third kappa shape index (κ3) is 4.42. The smallest absolute Gasteiger partial charge is 0.327 e. The summed E-state index contributed by atoms with van der Waals surface area (Å²) in [6.45, 7) is 1.68. The monoisotopic (exact) mass is 252 g/mol. The predicted molar refractivity (Wildman–Crippen MR) is 65.1 cm³/mol. The van der Waals surface area contributed by atoms with Gasteiger partial charge in [-0.2, -0.15) is 0 Å². The molecule has 98 valence electrons. The molecule has 0 radical (unpaired) electrons. The quantitative estimate of drug-likeness (QED) is 0.574. The van der Waals surface area contributed by atoms with E-state index in [1.807, 2.05) is 0 Å². The van der Waals surface area contributed by atoms with E-state index < -0.39 is 17.9 Å². The zero-order valence-corrected chi connectivity index (χ0v) is 10.0. The SMILES string of the molecule is CC(=O)NC(CNCc1ccccc1O)C(=O)O. The highest BCUT2D eigenvalue weighted by Crippen LogP contribution is 2.14. The van der Waals surface area contributed by atoms with Crippen LogP contribution in [0.15, 0.2) is 24.3 Å². The van der Waals surface area contributed by atoms with Gasteiger partial charge in [-0.25, -0.2) is 4.79 Å². The molecule has 0 fully saturated rings. The molecule has 18 heavy (non-hydrogen) atoms. The molecule has 0 aliphatic heterocycles. The van der Waals surface area contributed by atoms with Gasteiger partial charge in [-0.15, -0.1) is 0 Å². The Hall–Kier alpha value is -2.08. The van der Waals surface area contributed by atoms with Crippen molar-refractivity contribution in [1.29, 1.82) is 0 Å². The number of phenolic OH excluding ortho intramolecular Hbond substituents is 1. The Morgan fingerprint density at radius 3 is 2.56 bits per heavy atom. The lowest BCUT2D eigenvalue weighted by Gasteiger charge is -2.14. The van der Waals surface area contributed by atoms with Crippen LogP contribution in [0, 0.1) is 0 Å². The van der Waals surface area contributed by atoms with Crippen LogP contribution in [0.3, 0.4) is 0 Å². The molecule has 0 spiro atoms. The summed E-state index contributed by atoms with van der Waals surface area (Å²) in [4.78, 5) is 21.6. The summed E-state index contributed by atoms with van der Waals surface area (Å²) in [5.41, 5.74) is 0.671. The van der Waals surface area contributed by atoms with Crippen molar-refractivity contribution in [3.8, 4) is 5.75 Å². The third-order valence-corrected chi connectivity index (χ3v) is 2.33. The minimum Gasteiger partial charge on any atom is -0.508 e. The van der Waals surface area contributed by atoms with Gasteiger partial charge in [0.1, 0.15) is 11.8 Å². The normalized spacial score (nSPS) is 11.8. The van der Waals surface area contributed by atoms with E-state index in [1.165, 1.54) is 6.92 Å². The Labute approximate surface area is 105 Å². The summed E-state index contributed by atoms with van der Waals surface area (Å²) in [6.07, 6.45) is 0. The average molecular weight is 252 g/mol. The van der Waals surface area contributed by atoms with E-state index in [-0.39, 0.29) is 12.3 Å². The van der Waals surface area contributed by atoms with E-state index in [2.05, 4.69) is 10.6 Å². The molecule has 1 aromatic carbocycles. The van der Waals surface area contributed by atoms with Gasteiger partial charge in [-0.05, 0) is 6.07 Å². The van der Waals surface area contributed by atoms with Crippen molar-refractivity contribution in [3.05, 3.63) is 29.8 Å². The summed E-state index contributed by atoms with van der Waals surface area (Å²) in [7, 11) is 0. The number of rotatable bonds is 6. The van der Waals surface area contributed by atoms with Crippen LogP contribution in [0.1, 0.15) is 12.5 Å². The molecule has 4 N–H and O–H groups in total. The van der Waals surface area contributed by atoms with Gasteiger partial charge >= 0.3 is 5.97 Å². The van der Waals surface area contributed by atoms with Crippen LogP contribution in [0.4, 0.5) is 0 Å². The van der Waals surface area contributed by atoms with Crippen molar-refractivity contribution in [1.82, 2.24) is 10.6 Å². The fourth-order valence-electron chi connectivity index (χ4n) is 1.46. The number of benzene rings is 1. The van der Waals surface area contributed by atoms with E-state index in [0.29, 0.717) is 12.1 Å². The first-order valence-electron chi connectivity index (χ1n) is 5.48. The number of carboxylic acids is 1. The van der Waals surface area contributed by atoms with E-state index in [0.717, 1.165) is 0 Å². The molecule has 1 unspecified atom stereocenters. The first kappa shape index (κ1) is 14.0. The topological polar surface area (TPSA) is 98.7 Å². The minimum atomic E-state index is -1.10. The predicted octanol–water partition coefficient (Wildman–Crippen LogP) is 0.0711. The van der Waals surface area contributed by atoms with E-state index in [4.69, 9.17) is 5.11 Å². The number of para-hydroxylation sites is 1. The molecule has 6 nitrogen and oxygen atoms in total. The van der Waals surface area contributed by atoms with Gasteiger partial charge in [0.15, 0.2) is 0 Å². The first-order valence-corrected chi connectivity index (χ1v) is 5.48. The van der Waals surface area contributed by atoms with Crippen molar-refractivity contribution in [2.24, 2.45) is 0 Å². The number of aromatic hydroxyl groups is 1. The molecule has 0 heterocycles. The molecule has 6 heteroatoms. The lowest BCUT2D eigenvalue weighted by Crippen LogP contribution is -2.46. The van der Waals surface area contributed by atoms with Gasteiger partial charge in [0.2, 0.25) is 5.91 Å². The molecule has 0 bridgehead atoms. The highest BCUT2D eigenvalue weighted by molar-refractivity contribution is 5.82. The number of hydrogen-bond donors (Lipinski definition) is 4. The zero-order chi connectivity index (χ0) is 13.5. The molecular formula is C12H16N2O4. The number of carboxylic acid groups (broad SMARTS) is 1. The van der Waals surface area contributed by atoms with Crippen LogP contribution in [0.2, 0.25) is 0 Å². The summed E-state index contributed by atoms with van der Waals surface area (Å²) in [5, 5.41) is 23.6. The number of aliphatic carboxylic acids is 1. The van der Waals surface area contributed by atoms with Gasteiger partial charge < -0.3 is 20.8 Å². The molecule has 0 aliphatic rings. The zero-order valence-electron chi connectivity index (χ0n) is 10.0. The van der Waals surface area contributed by atoms with Crippen LogP contribution < -0.4 is 10.6 Å². The maximum atomic E-state index is 10.8. The Kier molecular flexibility index (Phi) is 5.13. The summed E-state index contributed by atoms with van der Waals surface area (Å²) < 4.78 is 0. The number of carbonyl (C=O) groups is 2. The number of phenols is 1. The molecular weight excluding hydrogens is 236 g/mol. The summed E-state index contributed by atoms with van der Waals surface area (Å²) in [6, 6.07) is 5.79. The maximum absolute atomic E-state index is 10.8. The maximum Gasteiger partial charge on any atom is 0.327 e. The second kappa shape index (κ2) is 6.61.